The number of alkyl halides is 1. The van der Waals surface area contributed by atoms with E-state index in [0.29, 0.717) is 0 Å². The van der Waals surface area contributed by atoms with Crippen molar-refractivity contribution in [2.24, 2.45) is 0 Å². The zero-order valence-electron chi connectivity index (χ0n) is 14.3. The van der Waals surface area contributed by atoms with Gasteiger partial charge in [0.25, 0.3) is 0 Å². The summed E-state index contributed by atoms with van der Waals surface area (Å²) in [6.45, 7) is 3.49. The Morgan fingerprint density at radius 3 is 1.60 bits per heavy atom. The predicted octanol–water partition coefficient (Wildman–Crippen LogP) is 6.40. The van der Waals surface area contributed by atoms with E-state index in [2.05, 4.69) is 41.8 Å². The van der Waals surface area contributed by atoms with Gasteiger partial charge in [0.1, 0.15) is 0 Å². The lowest BCUT2D eigenvalue weighted by Gasteiger charge is -2.13. The Hall–Kier alpha value is 0.440. The molecule has 0 aromatic heterocycles. The van der Waals surface area contributed by atoms with Gasteiger partial charge >= 0.3 is 0 Å². The van der Waals surface area contributed by atoms with Gasteiger partial charge < -0.3 is 4.90 Å². The van der Waals surface area contributed by atoms with Crippen molar-refractivity contribution >= 4 is 15.9 Å². The normalized spacial score (nSPS) is 13.1. The van der Waals surface area contributed by atoms with Gasteiger partial charge in [-0.2, -0.15) is 0 Å². The van der Waals surface area contributed by atoms with E-state index in [1.54, 1.807) is 0 Å². The van der Waals surface area contributed by atoms with Crippen LogP contribution in [0, 0.1) is 0 Å². The first-order valence-electron chi connectivity index (χ1n) is 8.95. The smallest absolute Gasteiger partial charge is 0.0158 e. The van der Waals surface area contributed by atoms with Gasteiger partial charge in [0.05, 0.1) is 0 Å². The molecular weight excluding hydrogens is 310 g/mol. The molecule has 0 rings (SSSR count). The summed E-state index contributed by atoms with van der Waals surface area (Å²) < 4.78 is 0. The van der Waals surface area contributed by atoms with Gasteiger partial charge in [-0.05, 0) is 33.5 Å². The van der Waals surface area contributed by atoms with Crippen LogP contribution in [0.2, 0.25) is 0 Å². The quantitative estimate of drug-likeness (QED) is 0.244. The molecule has 0 amide bonds. The summed E-state index contributed by atoms with van der Waals surface area (Å²) >= 11 is 3.80. The minimum atomic E-state index is 0.725. The highest BCUT2D eigenvalue weighted by Gasteiger charge is 2.04. The zero-order chi connectivity index (χ0) is 15.1. The number of hydrogen-bond donors (Lipinski definition) is 0. The van der Waals surface area contributed by atoms with Gasteiger partial charge in [-0.15, -0.1) is 0 Å². The highest BCUT2D eigenvalue weighted by atomic mass is 79.9. The molecule has 1 atom stereocenters. The lowest BCUT2D eigenvalue weighted by molar-refractivity contribution is 0.393. The highest BCUT2D eigenvalue weighted by molar-refractivity contribution is 9.09. The fourth-order valence-electron chi connectivity index (χ4n) is 2.57. The third-order valence-electron chi connectivity index (χ3n) is 4.01. The van der Waals surface area contributed by atoms with Crippen molar-refractivity contribution in [3.8, 4) is 0 Å². The van der Waals surface area contributed by atoms with Crippen LogP contribution in [-0.4, -0.2) is 30.4 Å². The Kier molecular flexibility index (Phi) is 16.2. The van der Waals surface area contributed by atoms with Crippen LogP contribution in [-0.2, 0) is 0 Å². The lowest BCUT2D eigenvalue weighted by Crippen LogP contribution is -2.16. The van der Waals surface area contributed by atoms with E-state index in [1.807, 2.05) is 0 Å². The van der Waals surface area contributed by atoms with E-state index in [-0.39, 0.29) is 0 Å². The average molecular weight is 348 g/mol. The monoisotopic (exact) mass is 347 g/mol. The van der Waals surface area contributed by atoms with Crippen molar-refractivity contribution in [2.45, 2.75) is 95.2 Å². The van der Waals surface area contributed by atoms with Gasteiger partial charge in [-0.3, -0.25) is 0 Å². The van der Waals surface area contributed by atoms with Gasteiger partial charge in [0, 0.05) is 4.83 Å². The molecule has 0 saturated carbocycles. The minimum absolute atomic E-state index is 0.725. The van der Waals surface area contributed by atoms with Crippen LogP contribution in [0.4, 0.5) is 0 Å². The highest BCUT2D eigenvalue weighted by Crippen LogP contribution is 2.16. The van der Waals surface area contributed by atoms with Crippen molar-refractivity contribution < 1.29 is 0 Å². The van der Waals surface area contributed by atoms with Crippen LogP contribution in [0.15, 0.2) is 0 Å². The minimum Gasteiger partial charge on any atom is -0.309 e. The first-order valence-corrected chi connectivity index (χ1v) is 9.87. The molecule has 0 bridgehead atoms. The Labute approximate surface area is 137 Å². The number of unbranched alkanes of at least 4 members (excludes halogenated alkanes) is 10. The molecule has 0 heterocycles. The van der Waals surface area contributed by atoms with E-state index in [9.17, 15) is 0 Å². The maximum atomic E-state index is 3.80. The number of rotatable bonds is 15. The van der Waals surface area contributed by atoms with Crippen molar-refractivity contribution in [2.75, 3.05) is 20.6 Å². The topological polar surface area (TPSA) is 3.24 Å². The second-order valence-electron chi connectivity index (χ2n) is 6.51. The molecule has 0 aliphatic heterocycles. The molecule has 0 N–H and O–H groups in total. The van der Waals surface area contributed by atoms with E-state index < -0.39 is 0 Å². The summed E-state index contributed by atoms with van der Waals surface area (Å²) in [7, 11) is 4.31. The third kappa shape index (κ3) is 16.5. The van der Waals surface area contributed by atoms with Gasteiger partial charge in [-0.1, -0.05) is 93.5 Å². The van der Waals surface area contributed by atoms with E-state index in [0.717, 1.165) is 4.83 Å². The second-order valence-corrected chi connectivity index (χ2v) is 7.81. The summed E-state index contributed by atoms with van der Waals surface area (Å²) in [4.78, 5) is 3.00. The summed E-state index contributed by atoms with van der Waals surface area (Å²) in [5, 5.41) is 0. The molecule has 2 heteroatoms. The Bertz CT molecular complexity index is 182. The molecule has 0 aromatic rings. The molecule has 0 spiro atoms. The van der Waals surface area contributed by atoms with Crippen LogP contribution in [0.3, 0.4) is 0 Å². The second kappa shape index (κ2) is 15.8. The fraction of sp³-hybridized carbons (Fsp3) is 1.00. The third-order valence-corrected chi connectivity index (χ3v) is 4.93. The molecule has 0 fully saturated rings. The lowest BCUT2D eigenvalue weighted by atomic mass is 10.0. The Morgan fingerprint density at radius 1 is 0.700 bits per heavy atom. The van der Waals surface area contributed by atoms with Crippen molar-refractivity contribution in [1.29, 1.82) is 0 Å². The van der Waals surface area contributed by atoms with Crippen molar-refractivity contribution in [3.05, 3.63) is 0 Å². The molecule has 0 aliphatic rings. The average Bonchev–Trinajstić information content (AvgIpc) is 2.42. The molecule has 0 saturated heterocycles. The number of nitrogens with zero attached hydrogens (tertiary/aromatic N) is 1. The van der Waals surface area contributed by atoms with Crippen LogP contribution >= 0.6 is 15.9 Å². The largest absolute Gasteiger partial charge is 0.309 e. The zero-order valence-corrected chi connectivity index (χ0v) is 15.9. The summed E-state index contributed by atoms with van der Waals surface area (Å²) in [6.07, 6.45) is 18.5. The summed E-state index contributed by atoms with van der Waals surface area (Å²) in [5.41, 5.74) is 0. The number of halogens is 1. The molecule has 20 heavy (non-hydrogen) atoms. The Morgan fingerprint density at radius 2 is 1.15 bits per heavy atom. The van der Waals surface area contributed by atoms with Gasteiger partial charge in [0.2, 0.25) is 0 Å². The molecule has 1 nitrogen and oxygen atoms in total. The SMILES string of the molecule is CCCCCCCCCCCCCC(Br)CCN(C)C. The van der Waals surface area contributed by atoms with Crippen LogP contribution < -0.4 is 0 Å². The maximum Gasteiger partial charge on any atom is 0.0158 e. The first kappa shape index (κ1) is 20.4. The molecule has 122 valence electrons. The molecular formula is C18H38BrN. The molecule has 0 aliphatic carbocycles. The van der Waals surface area contributed by atoms with E-state index in [4.69, 9.17) is 0 Å². The Balaban J connectivity index is 3.09. The van der Waals surface area contributed by atoms with Crippen LogP contribution in [0.1, 0.15) is 90.4 Å². The van der Waals surface area contributed by atoms with Crippen molar-refractivity contribution in [1.82, 2.24) is 4.90 Å². The van der Waals surface area contributed by atoms with E-state index >= 15 is 0 Å². The molecule has 0 aromatic carbocycles. The van der Waals surface area contributed by atoms with Gasteiger partial charge in [-0.25, -0.2) is 0 Å². The molecule has 0 radical (unpaired) electrons. The van der Waals surface area contributed by atoms with Crippen molar-refractivity contribution in [3.63, 3.8) is 0 Å². The summed E-state index contributed by atoms with van der Waals surface area (Å²) in [6, 6.07) is 0. The van der Waals surface area contributed by atoms with Crippen LogP contribution in [0.5, 0.6) is 0 Å². The maximum absolute atomic E-state index is 3.80. The molecule has 1 unspecified atom stereocenters. The first-order chi connectivity index (χ1) is 9.66. The van der Waals surface area contributed by atoms with Crippen LogP contribution in [0.25, 0.3) is 0 Å². The van der Waals surface area contributed by atoms with Gasteiger partial charge in [0.15, 0.2) is 0 Å². The predicted molar refractivity (Wildman–Crippen MR) is 97.0 cm³/mol. The summed E-state index contributed by atoms with van der Waals surface area (Å²) in [5.74, 6) is 0. The van der Waals surface area contributed by atoms with E-state index in [1.165, 1.54) is 90.0 Å². The standard InChI is InChI=1S/C18H38BrN/c1-4-5-6-7-8-9-10-11-12-13-14-15-18(19)16-17-20(2)3/h18H,4-17H2,1-3H3. The fourth-order valence-corrected chi connectivity index (χ4v) is 3.10. The number of hydrogen-bond acceptors (Lipinski definition) is 1.